The van der Waals surface area contributed by atoms with Gasteiger partial charge in [-0.25, -0.2) is 0 Å². The largest absolute Gasteiger partial charge is 0.399 e. The molecule has 1 aromatic carbocycles. The molecule has 0 amide bonds. The van der Waals surface area contributed by atoms with Crippen LogP contribution in [0.3, 0.4) is 0 Å². The predicted molar refractivity (Wildman–Crippen MR) is 41.5 cm³/mol. The van der Waals surface area contributed by atoms with Gasteiger partial charge < -0.3 is 10.8 Å². The second-order valence-corrected chi connectivity index (χ2v) is 2.35. The summed E-state index contributed by atoms with van der Waals surface area (Å²) in [4.78, 5) is 0. The maximum atomic E-state index is 8.71. The van der Waals surface area contributed by atoms with Crippen LogP contribution < -0.4 is 5.73 Å². The van der Waals surface area contributed by atoms with Gasteiger partial charge in [0, 0.05) is 5.69 Å². The first-order chi connectivity index (χ1) is 4.74. The summed E-state index contributed by atoms with van der Waals surface area (Å²) in [7, 11) is 0. The van der Waals surface area contributed by atoms with E-state index in [4.69, 9.17) is 10.8 Å². The number of anilines is 1. The smallest absolute Gasteiger partial charge is 0.0681 e. The second kappa shape index (κ2) is 2.71. The third kappa shape index (κ3) is 1.28. The molecule has 0 aliphatic carbocycles. The van der Waals surface area contributed by atoms with E-state index in [-0.39, 0.29) is 6.61 Å². The van der Waals surface area contributed by atoms with Gasteiger partial charge in [0.25, 0.3) is 0 Å². The molecule has 0 saturated heterocycles. The van der Waals surface area contributed by atoms with Crippen molar-refractivity contribution in [2.24, 2.45) is 0 Å². The summed E-state index contributed by atoms with van der Waals surface area (Å²) in [6.45, 7) is 2.01. The van der Waals surface area contributed by atoms with Gasteiger partial charge >= 0.3 is 0 Å². The lowest BCUT2D eigenvalue weighted by molar-refractivity contribution is 0.282. The Morgan fingerprint density at radius 3 is 2.70 bits per heavy atom. The quantitative estimate of drug-likeness (QED) is 0.569. The normalized spacial score (nSPS) is 9.80. The van der Waals surface area contributed by atoms with Crippen LogP contribution in [0.2, 0.25) is 0 Å². The number of aryl methyl sites for hydroxylation is 1. The van der Waals surface area contributed by atoms with Crippen molar-refractivity contribution >= 4 is 5.69 Å². The van der Waals surface area contributed by atoms with Crippen LogP contribution in [-0.4, -0.2) is 5.11 Å². The van der Waals surface area contributed by atoms with Crippen molar-refractivity contribution in [3.63, 3.8) is 0 Å². The number of aliphatic hydroxyl groups excluding tert-OH is 1. The fraction of sp³-hybridized carbons (Fsp3) is 0.250. The Labute approximate surface area is 60.3 Å². The van der Waals surface area contributed by atoms with Crippen molar-refractivity contribution in [2.75, 3.05) is 5.73 Å². The van der Waals surface area contributed by atoms with E-state index in [0.29, 0.717) is 0 Å². The molecule has 0 aliphatic heterocycles. The summed E-state index contributed by atoms with van der Waals surface area (Å²) in [5, 5.41) is 8.71. The average Bonchev–Trinajstić information content (AvgIpc) is 1.95. The van der Waals surface area contributed by atoms with Crippen LogP contribution in [0.25, 0.3) is 0 Å². The maximum Gasteiger partial charge on any atom is 0.0681 e. The first-order valence-electron chi connectivity index (χ1n) is 3.20. The molecule has 0 aromatic heterocycles. The van der Waals surface area contributed by atoms with E-state index in [1.165, 1.54) is 0 Å². The lowest BCUT2D eigenvalue weighted by Crippen LogP contribution is -1.91. The molecule has 3 N–H and O–H groups in total. The van der Waals surface area contributed by atoms with Gasteiger partial charge in [0.15, 0.2) is 0 Å². The van der Waals surface area contributed by atoms with Gasteiger partial charge in [-0.1, -0.05) is 12.1 Å². The highest BCUT2D eigenvalue weighted by atomic mass is 16.3. The van der Waals surface area contributed by atoms with Crippen LogP contribution in [0.5, 0.6) is 0 Å². The van der Waals surface area contributed by atoms with Gasteiger partial charge in [0.05, 0.1) is 6.61 Å². The zero-order valence-corrected chi connectivity index (χ0v) is 5.96. The van der Waals surface area contributed by atoms with Crippen LogP contribution in [0, 0.1) is 6.92 Å². The molecule has 54 valence electrons. The average molecular weight is 137 g/mol. The lowest BCUT2D eigenvalue weighted by atomic mass is 10.1. The van der Waals surface area contributed by atoms with Gasteiger partial charge in [-0.05, 0) is 24.1 Å². The SMILES string of the molecule is Cc1cc(CO)ccc1N. The molecule has 0 atom stereocenters. The van der Waals surface area contributed by atoms with Gasteiger partial charge in [-0.15, -0.1) is 0 Å². The Morgan fingerprint density at radius 1 is 1.50 bits per heavy atom. The van der Waals surface area contributed by atoms with Crippen molar-refractivity contribution in [2.45, 2.75) is 13.5 Å². The molecule has 10 heavy (non-hydrogen) atoms. The van der Waals surface area contributed by atoms with Gasteiger partial charge in [-0.3, -0.25) is 0 Å². The summed E-state index contributed by atoms with van der Waals surface area (Å²) >= 11 is 0. The van der Waals surface area contributed by atoms with Crippen molar-refractivity contribution < 1.29 is 5.11 Å². The maximum absolute atomic E-state index is 8.71. The molecular weight excluding hydrogens is 126 g/mol. The number of benzene rings is 1. The summed E-state index contributed by atoms with van der Waals surface area (Å²) in [6.07, 6.45) is 0. The van der Waals surface area contributed by atoms with E-state index in [9.17, 15) is 0 Å². The van der Waals surface area contributed by atoms with Crippen LogP contribution in [-0.2, 0) is 6.61 Å². The zero-order valence-electron chi connectivity index (χ0n) is 5.96. The molecule has 0 bridgehead atoms. The van der Waals surface area contributed by atoms with Crippen LogP contribution in [0.4, 0.5) is 5.69 Å². The Kier molecular flexibility index (Phi) is 1.92. The van der Waals surface area contributed by atoms with Gasteiger partial charge in [-0.2, -0.15) is 0 Å². The van der Waals surface area contributed by atoms with Crippen molar-refractivity contribution in [1.82, 2.24) is 0 Å². The summed E-state index contributed by atoms with van der Waals surface area (Å²) in [5.41, 5.74) is 8.27. The molecule has 2 nitrogen and oxygen atoms in total. The van der Waals surface area contributed by atoms with Gasteiger partial charge in [0.1, 0.15) is 0 Å². The van der Waals surface area contributed by atoms with E-state index in [1.807, 2.05) is 19.1 Å². The summed E-state index contributed by atoms with van der Waals surface area (Å²) < 4.78 is 0. The molecule has 0 spiro atoms. The van der Waals surface area contributed by atoms with Crippen LogP contribution in [0.1, 0.15) is 11.1 Å². The van der Waals surface area contributed by atoms with Crippen molar-refractivity contribution in [1.29, 1.82) is 0 Å². The summed E-state index contributed by atoms with van der Waals surface area (Å²) in [6, 6.07) is 5.51. The molecule has 0 fully saturated rings. The highest BCUT2D eigenvalue weighted by Crippen LogP contribution is 2.11. The van der Waals surface area contributed by atoms with Crippen LogP contribution >= 0.6 is 0 Å². The Bertz CT molecular complexity index is 233. The minimum Gasteiger partial charge on any atom is -0.399 e. The fourth-order valence-electron chi connectivity index (χ4n) is 0.836. The Balaban J connectivity index is 3.04. The predicted octanol–water partition coefficient (Wildman–Crippen LogP) is 1.07. The molecule has 0 unspecified atom stereocenters. The number of nitrogen functional groups attached to an aromatic ring is 1. The third-order valence-corrected chi connectivity index (χ3v) is 1.52. The highest BCUT2D eigenvalue weighted by molar-refractivity contribution is 5.47. The molecular formula is C8H11NO. The second-order valence-electron chi connectivity index (χ2n) is 2.35. The van der Waals surface area contributed by atoms with Gasteiger partial charge in [0.2, 0.25) is 0 Å². The first-order valence-corrected chi connectivity index (χ1v) is 3.20. The Hall–Kier alpha value is -1.02. The van der Waals surface area contributed by atoms with Crippen molar-refractivity contribution in [3.8, 4) is 0 Å². The minimum atomic E-state index is 0.0844. The number of nitrogens with two attached hydrogens (primary N) is 1. The molecule has 1 aromatic rings. The highest BCUT2D eigenvalue weighted by Gasteiger charge is 1.93. The lowest BCUT2D eigenvalue weighted by Gasteiger charge is -2.00. The fourth-order valence-corrected chi connectivity index (χ4v) is 0.836. The molecule has 0 saturated carbocycles. The molecule has 1 rings (SSSR count). The Morgan fingerprint density at radius 2 is 2.20 bits per heavy atom. The third-order valence-electron chi connectivity index (χ3n) is 1.52. The number of aliphatic hydroxyl groups is 1. The van der Waals surface area contributed by atoms with Crippen LogP contribution in [0.15, 0.2) is 18.2 Å². The molecule has 0 radical (unpaired) electrons. The van der Waals surface area contributed by atoms with E-state index < -0.39 is 0 Å². The molecule has 0 aliphatic rings. The monoisotopic (exact) mass is 137 g/mol. The standard InChI is InChI=1S/C8H11NO/c1-6-4-7(5-10)2-3-8(6)9/h2-4,10H,5,9H2,1H3. The molecule has 0 heterocycles. The van der Waals surface area contributed by atoms with Crippen molar-refractivity contribution in [3.05, 3.63) is 29.3 Å². The van der Waals surface area contributed by atoms with E-state index >= 15 is 0 Å². The number of hydrogen-bond donors (Lipinski definition) is 2. The first kappa shape index (κ1) is 7.09. The minimum absolute atomic E-state index is 0.0844. The summed E-state index contributed by atoms with van der Waals surface area (Å²) in [5.74, 6) is 0. The van der Waals surface area contributed by atoms with E-state index in [2.05, 4.69) is 0 Å². The topological polar surface area (TPSA) is 46.2 Å². The van der Waals surface area contributed by atoms with E-state index in [0.717, 1.165) is 16.8 Å². The molecule has 2 heteroatoms. The zero-order chi connectivity index (χ0) is 7.56. The number of hydrogen-bond acceptors (Lipinski definition) is 2. The number of rotatable bonds is 1. The van der Waals surface area contributed by atoms with E-state index in [1.54, 1.807) is 6.07 Å².